The fourth-order valence-electron chi connectivity index (χ4n) is 3.93. The van der Waals surface area contributed by atoms with Crippen LogP contribution in [0, 0.1) is 5.82 Å². The van der Waals surface area contributed by atoms with Crippen LogP contribution in [0.1, 0.15) is 5.56 Å². The molecule has 0 amide bonds. The maximum absolute atomic E-state index is 13.4. The normalized spacial score (nSPS) is 12.0. The van der Waals surface area contributed by atoms with E-state index in [0.717, 1.165) is 27.0 Å². The summed E-state index contributed by atoms with van der Waals surface area (Å²) in [5.41, 5.74) is 3.76. The number of nitrogens with two attached hydrogens (primary N) is 1. The Hall–Kier alpha value is -3.11. The molecule has 4 aromatic carbocycles. The van der Waals surface area contributed by atoms with E-state index in [0.29, 0.717) is 18.7 Å². The highest BCUT2D eigenvalue weighted by atomic mass is 79.9. The van der Waals surface area contributed by atoms with Crippen molar-refractivity contribution >= 4 is 54.8 Å². The number of halogens is 2. The zero-order chi connectivity index (χ0) is 24.4. The van der Waals surface area contributed by atoms with Crippen molar-refractivity contribution in [3.63, 3.8) is 0 Å². The van der Waals surface area contributed by atoms with Crippen molar-refractivity contribution < 1.29 is 12.8 Å². The summed E-state index contributed by atoms with van der Waals surface area (Å²) < 4.78 is 38.6. The van der Waals surface area contributed by atoms with Gasteiger partial charge in [0.15, 0.2) is 4.80 Å². The molecule has 5 aromatic rings. The molecule has 0 bridgehead atoms. The molecule has 0 aliphatic rings. The molecule has 1 heterocycles. The second-order valence-electron chi connectivity index (χ2n) is 8.14. The molecule has 5 rings (SSSR count). The van der Waals surface area contributed by atoms with Crippen LogP contribution in [0.5, 0.6) is 0 Å². The number of hydrogen-bond donors (Lipinski definition) is 1. The maximum Gasteiger partial charge on any atom is 0.238 e. The lowest BCUT2D eigenvalue weighted by atomic mass is 10.1. The van der Waals surface area contributed by atoms with Crippen LogP contribution in [0.15, 0.2) is 106 Å². The number of fused-ring (bicyclic) bond motifs is 1. The highest BCUT2D eigenvalue weighted by Gasteiger charge is 2.11. The summed E-state index contributed by atoms with van der Waals surface area (Å²) in [5.74, 6) is -0.303. The molecule has 36 heavy (non-hydrogen) atoms. The molecular weight excluding hydrogens is 561 g/mol. The van der Waals surface area contributed by atoms with E-state index in [1.54, 1.807) is 24.3 Å². The average molecular weight is 585 g/mol. The Labute approximate surface area is 223 Å². The van der Waals surface area contributed by atoms with Crippen LogP contribution in [0.2, 0.25) is 0 Å². The fourth-order valence-corrected chi connectivity index (χ4v) is 5.40. The summed E-state index contributed by atoms with van der Waals surface area (Å²) in [6.45, 7) is 0.625. The van der Waals surface area contributed by atoms with Crippen molar-refractivity contribution in [3.05, 3.63) is 113 Å². The van der Waals surface area contributed by atoms with Gasteiger partial charge < -0.3 is 4.57 Å². The number of thiazole rings is 1. The van der Waals surface area contributed by atoms with Crippen LogP contribution in [0.4, 0.5) is 10.1 Å². The SMILES string of the molecule is Br.NS(=O)(=O)c1ccc(CCn2c(-c3ccc4ccccc4c3)csc2=Nc2ccc(F)cc2)cc1. The van der Waals surface area contributed by atoms with Gasteiger partial charge in [0, 0.05) is 11.9 Å². The maximum atomic E-state index is 13.4. The van der Waals surface area contributed by atoms with E-state index in [1.165, 1.54) is 41.0 Å². The lowest BCUT2D eigenvalue weighted by Crippen LogP contribution is -2.17. The number of hydrogen-bond acceptors (Lipinski definition) is 4. The number of primary sulfonamides is 1. The number of rotatable bonds is 6. The first-order chi connectivity index (χ1) is 16.9. The molecule has 0 spiro atoms. The van der Waals surface area contributed by atoms with Gasteiger partial charge in [-0.3, -0.25) is 0 Å². The van der Waals surface area contributed by atoms with Crippen LogP contribution in [-0.4, -0.2) is 13.0 Å². The van der Waals surface area contributed by atoms with E-state index in [1.807, 2.05) is 12.1 Å². The molecule has 9 heteroatoms. The smallest absolute Gasteiger partial charge is 0.238 e. The van der Waals surface area contributed by atoms with Crippen molar-refractivity contribution in [2.75, 3.05) is 0 Å². The molecule has 0 unspecified atom stereocenters. The highest BCUT2D eigenvalue weighted by molar-refractivity contribution is 8.93. The third kappa shape index (κ3) is 5.82. The molecule has 0 aliphatic carbocycles. The number of aromatic nitrogens is 1. The first kappa shape index (κ1) is 26.0. The summed E-state index contributed by atoms with van der Waals surface area (Å²) in [5, 5.41) is 9.62. The molecule has 0 fully saturated rings. The van der Waals surface area contributed by atoms with Gasteiger partial charge in [0.2, 0.25) is 10.0 Å². The van der Waals surface area contributed by atoms with Crippen molar-refractivity contribution in [3.8, 4) is 11.3 Å². The van der Waals surface area contributed by atoms with Crippen molar-refractivity contribution in [1.29, 1.82) is 0 Å². The Morgan fingerprint density at radius 3 is 2.28 bits per heavy atom. The van der Waals surface area contributed by atoms with Gasteiger partial charge in [0.05, 0.1) is 16.3 Å². The minimum absolute atomic E-state index is 0. The van der Waals surface area contributed by atoms with Crippen LogP contribution in [0.3, 0.4) is 0 Å². The highest BCUT2D eigenvalue weighted by Crippen LogP contribution is 2.26. The Kier molecular flexibility index (Phi) is 7.85. The third-order valence-electron chi connectivity index (χ3n) is 5.77. The van der Waals surface area contributed by atoms with Gasteiger partial charge in [-0.05, 0) is 70.8 Å². The van der Waals surface area contributed by atoms with Crippen molar-refractivity contribution in [1.82, 2.24) is 4.57 Å². The lowest BCUT2D eigenvalue weighted by molar-refractivity contribution is 0.597. The molecule has 0 aliphatic heterocycles. The Morgan fingerprint density at radius 2 is 1.58 bits per heavy atom. The fraction of sp³-hybridized carbons (Fsp3) is 0.0741. The molecule has 0 saturated carbocycles. The Morgan fingerprint density at radius 1 is 0.889 bits per heavy atom. The van der Waals surface area contributed by atoms with Crippen molar-refractivity contribution in [2.45, 2.75) is 17.9 Å². The van der Waals surface area contributed by atoms with Gasteiger partial charge in [-0.25, -0.2) is 22.9 Å². The first-order valence-corrected chi connectivity index (χ1v) is 13.4. The van der Waals surface area contributed by atoms with E-state index in [9.17, 15) is 12.8 Å². The van der Waals surface area contributed by atoms with Gasteiger partial charge in [-0.1, -0.05) is 48.5 Å². The van der Waals surface area contributed by atoms with Crippen molar-refractivity contribution in [2.24, 2.45) is 10.1 Å². The lowest BCUT2D eigenvalue weighted by Gasteiger charge is -2.11. The van der Waals surface area contributed by atoms with Gasteiger partial charge >= 0.3 is 0 Å². The molecule has 2 N–H and O–H groups in total. The summed E-state index contributed by atoms with van der Waals surface area (Å²) in [7, 11) is -3.73. The monoisotopic (exact) mass is 583 g/mol. The first-order valence-electron chi connectivity index (χ1n) is 11.0. The Bertz CT molecular complexity index is 1680. The minimum Gasteiger partial charge on any atom is -0.316 e. The van der Waals surface area contributed by atoms with Gasteiger partial charge in [-0.2, -0.15) is 0 Å². The summed E-state index contributed by atoms with van der Waals surface area (Å²) in [6.07, 6.45) is 0.665. The van der Waals surface area contributed by atoms with E-state index < -0.39 is 10.0 Å². The number of nitrogens with zero attached hydrogens (tertiary/aromatic N) is 2. The second-order valence-corrected chi connectivity index (χ2v) is 10.5. The van der Waals surface area contributed by atoms with E-state index >= 15 is 0 Å². The molecule has 5 nitrogen and oxygen atoms in total. The second kappa shape index (κ2) is 10.9. The molecule has 0 saturated heterocycles. The Balaban J connectivity index is 0.00000304. The van der Waals surface area contributed by atoms with Gasteiger partial charge in [0.25, 0.3) is 0 Å². The van der Waals surface area contributed by atoms with Gasteiger partial charge in [0.1, 0.15) is 5.82 Å². The summed E-state index contributed by atoms with van der Waals surface area (Å²) >= 11 is 1.52. The topological polar surface area (TPSA) is 77.5 Å². The molecular formula is C27H23BrFN3O2S2. The quantitative estimate of drug-likeness (QED) is 0.258. The molecule has 0 atom stereocenters. The minimum atomic E-state index is -3.73. The standard InChI is InChI=1S/C27H22FN3O2S2.BrH/c28-23-9-11-24(12-10-23)30-27-31(16-15-19-5-13-25(14-6-19)35(29,32)33)26(18-34-27)22-8-7-20-3-1-2-4-21(20)17-22;/h1-14,17-18H,15-16H2,(H2,29,32,33);1H. The third-order valence-corrected chi connectivity index (χ3v) is 7.56. The van der Waals surface area contributed by atoms with Crippen LogP contribution in [0.25, 0.3) is 22.0 Å². The van der Waals surface area contributed by atoms with E-state index in [4.69, 9.17) is 10.1 Å². The van der Waals surface area contributed by atoms with Gasteiger partial charge in [-0.15, -0.1) is 28.3 Å². The number of aryl methyl sites for hydroxylation is 1. The zero-order valence-corrected chi connectivity index (χ0v) is 22.4. The average Bonchev–Trinajstić information content (AvgIpc) is 3.25. The molecule has 1 aromatic heterocycles. The van der Waals surface area contributed by atoms with Crippen LogP contribution < -0.4 is 9.94 Å². The molecule has 184 valence electrons. The predicted octanol–water partition coefficient (Wildman–Crippen LogP) is 6.21. The van der Waals surface area contributed by atoms with E-state index in [-0.39, 0.29) is 27.7 Å². The zero-order valence-electron chi connectivity index (χ0n) is 19.0. The molecule has 0 radical (unpaired) electrons. The predicted molar refractivity (Wildman–Crippen MR) is 149 cm³/mol. The van der Waals surface area contributed by atoms with Crippen LogP contribution in [-0.2, 0) is 23.0 Å². The largest absolute Gasteiger partial charge is 0.316 e. The summed E-state index contributed by atoms with van der Waals surface area (Å²) in [6, 6.07) is 27.3. The summed E-state index contributed by atoms with van der Waals surface area (Å²) in [4.78, 5) is 5.65. The number of benzene rings is 4. The number of sulfonamides is 1. The van der Waals surface area contributed by atoms with E-state index in [2.05, 4.69) is 40.3 Å². The van der Waals surface area contributed by atoms with Crippen LogP contribution >= 0.6 is 28.3 Å².